The highest BCUT2D eigenvalue weighted by Gasteiger charge is 2.16. The number of aromatic nitrogens is 1. The van der Waals surface area contributed by atoms with Gasteiger partial charge in [-0.25, -0.2) is 0 Å². The van der Waals surface area contributed by atoms with Gasteiger partial charge in [-0.1, -0.05) is 49.1 Å². The predicted molar refractivity (Wildman–Crippen MR) is 86.8 cm³/mol. The first kappa shape index (κ1) is 14.4. The first-order chi connectivity index (χ1) is 10.2. The molecule has 1 aliphatic carbocycles. The lowest BCUT2D eigenvalue weighted by Crippen LogP contribution is -2.37. The molecule has 1 aromatic heterocycles. The van der Waals surface area contributed by atoms with Crippen LogP contribution < -0.4 is 10.6 Å². The molecule has 3 rings (SSSR count). The smallest absolute Gasteiger partial charge is 0.238 e. The lowest BCUT2D eigenvalue weighted by atomic mass is 9.95. The Morgan fingerprint density at radius 1 is 1.24 bits per heavy atom. The van der Waals surface area contributed by atoms with E-state index in [0.717, 1.165) is 10.9 Å². The van der Waals surface area contributed by atoms with Crippen LogP contribution in [-0.4, -0.2) is 23.5 Å². The van der Waals surface area contributed by atoms with E-state index >= 15 is 0 Å². The fourth-order valence-corrected chi connectivity index (χ4v) is 3.21. The molecule has 0 bridgehead atoms. The van der Waals surface area contributed by atoms with Crippen LogP contribution in [0.25, 0.3) is 10.9 Å². The third kappa shape index (κ3) is 3.39. The Labute approximate surface area is 129 Å². The number of fused-ring (bicyclic) bond motifs is 1. The van der Waals surface area contributed by atoms with Crippen molar-refractivity contribution in [2.75, 3.05) is 11.9 Å². The molecule has 0 aliphatic heterocycles. The van der Waals surface area contributed by atoms with Crippen LogP contribution in [-0.2, 0) is 4.79 Å². The molecule has 2 aromatic rings. The molecule has 0 unspecified atom stereocenters. The highest BCUT2D eigenvalue weighted by Crippen LogP contribution is 2.30. The Bertz CT molecular complexity index is 631. The van der Waals surface area contributed by atoms with Crippen molar-refractivity contribution in [3.63, 3.8) is 0 Å². The summed E-state index contributed by atoms with van der Waals surface area (Å²) in [4.78, 5) is 15.2. The van der Waals surface area contributed by atoms with Gasteiger partial charge in [-0.15, -0.1) is 0 Å². The van der Waals surface area contributed by atoms with E-state index in [4.69, 9.17) is 11.6 Å². The molecule has 1 heterocycles. The summed E-state index contributed by atoms with van der Waals surface area (Å²) in [7, 11) is 0. The Kier molecular flexibility index (Phi) is 4.46. The number of carbonyl (C=O) groups is 1. The standard InChI is InChI=1S/C16H20ClN3O/c17-16-15(12-8-4-5-9-13(12)19-16)20-14(21)10-18-11-6-2-1-3-7-11/h4-5,8-9,11,18-19H,1-3,6-7,10H2,(H,20,21). The number of benzene rings is 1. The molecule has 0 radical (unpaired) electrons. The van der Waals surface area contributed by atoms with Gasteiger partial charge in [0.05, 0.1) is 12.2 Å². The van der Waals surface area contributed by atoms with Crippen LogP contribution in [0.4, 0.5) is 5.69 Å². The number of hydrogen-bond acceptors (Lipinski definition) is 2. The maximum Gasteiger partial charge on any atom is 0.238 e. The second kappa shape index (κ2) is 6.50. The minimum absolute atomic E-state index is 0.0489. The van der Waals surface area contributed by atoms with E-state index in [9.17, 15) is 4.79 Å². The van der Waals surface area contributed by atoms with Gasteiger partial charge in [0.15, 0.2) is 0 Å². The van der Waals surface area contributed by atoms with E-state index in [1.165, 1.54) is 32.1 Å². The lowest BCUT2D eigenvalue weighted by Gasteiger charge is -2.22. The third-order valence-corrected chi connectivity index (χ3v) is 4.36. The van der Waals surface area contributed by atoms with E-state index < -0.39 is 0 Å². The molecule has 5 heteroatoms. The van der Waals surface area contributed by atoms with Crippen molar-refractivity contribution in [1.29, 1.82) is 0 Å². The van der Waals surface area contributed by atoms with Gasteiger partial charge in [0.2, 0.25) is 5.91 Å². The van der Waals surface area contributed by atoms with E-state index in [-0.39, 0.29) is 5.91 Å². The number of halogens is 1. The Hall–Kier alpha value is -1.52. The number of nitrogens with one attached hydrogen (secondary N) is 3. The van der Waals surface area contributed by atoms with Crippen molar-refractivity contribution in [1.82, 2.24) is 10.3 Å². The molecule has 0 atom stereocenters. The van der Waals surface area contributed by atoms with E-state index in [1.54, 1.807) is 0 Å². The minimum Gasteiger partial charge on any atom is -0.344 e. The Balaban J connectivity index is 1.62. The summed E-state index contributed by atoms with van der Waals surface area (Å²) in [6, 6.07) is 8.23. The van der Waals surface area contributed by atoms with Crippen molar-refractivity contribution in [3.05, 3.63) is 29.4 Å². The molecule has 0 saturated heterocycles. The molecule has 1 aromatic carbocycles. The first-order valence-corrected chi connectivity index (χ1v) is 7.91. The average molecular weight is 306 g/mol. The number of amides is 1. The van der Waals surface area contributed by atoms with Crippen molar-refractivity contribution in [2.24, 2.45) is 0 Å². The summed E-state index contributed by atoms with van der Waals surface area (Å²) >= 11 is 6.17. The van der Waals surface area contributed by atoms with Gasteiger partial charge in [0, 0.05) is 16.9 Å². The van der Waals surface area contributed by atoms with E-state index in [1.807, 2.05) is 24.3 Å². The zero-order valence-electron chi connectivity index (χ0n) is 11.9. The zero-order chi connectivity index (χ0) is 14.7. The number of para-hydroxylation sites is 1. The normalized spacial score (nSPS) is 16.2. The van der Waals surface area contributed by atoms with Gasteiger partial charge in [0.25, 0.3) is 0 Å². The van der Waals surface area contributed by atoms with E-state index in [0.29, 0.717) is 23.4 Å². The van der Waals surface area contributed by atoms with Gasteiger partial charge in [-0.3, -0.25) is 4.79 Å². The van der Waals surface area contributed by atoms with Crippen LogP contribution in [0.3, 0.4) is 0 Å². The monoisotopic (exact) mass is 305 g/mol. The van der Waals surface area contributed by atoms with Crippen LogP contribution in [0.15, 0.2) is 24.3 Å². The molecule has 1 fully saturated rings. The number of anilines is 1. The number of hydrogen-bond donors (Lipinski definition) is 3. The maximum absolute atomic E-state index is 12.1. The largest absolute Gasteiger partial charge is 0.344 e. The quantitative estimate of drug-likeness (QED) is 0.807. The van der Waals surface area contributed by atoms with Gasteiger partial charge in [0.1, 0.15) is 5.15 Å². The van der Waals surface area contributed by atoms with Crippen LogP contribution in [0.5, 0.6) is 0 Å². The number of carbonyl (C=O) groups excluding carboxylic acids is 1. The lowest BCUT2D eigenvalue weighted by molar-refractivity contribution is -0.115. The minimum atomic E-state index is -0.0489. The highest BCUT2D eigenvalue weighted by molar-refractivity contribution is 6.35. The van der Waals surface area contributed by atoms with Gasteiger partial charge < -0.3 is 15.6 Å². The molecule has 112 valence electrons. The second-order valence-electron chi connectivity index (χ2n) is 5.62. The van der Waals surface area contributed by atoms with E-state index in [2.05, 4.69) is 15.6 Å². The van der Waals surface area contributed by atoms with Gasteiger partial charge in [-0.05, 0) is 18.9 Å². The van der Waals surface area contributed by atoms with Crippen molar-refractivity contribution in [2.45, 2.75) is 38.1 Å². The first-order valence-electron chi connectivity index (χ1n) is 7.53. The summed E-state index contributed by atoms with van der Waals surface area (Å²) in [6.45, 7) is 0.334. The van der Waals surface area contributed by atoms with Crippen molar-refractivity contribution >= 4 is 34.1 Å². The molecule has 1 saturated carbocycles. The highest BCUT2D eigenvalue weighted by atomic mass is 35.5. The third-order valence-electron chi connectivity index (χ3n) is 4.08. The Morgan fingerprint density at radius 3 is 2.81 bits per heavy atom. The molecule has 3 N–H and O–H groups in total. The molecule has 1 amide bonds. The second-order valence-corrected chi connectivity index (χ2v) is 6.00. The fraction of sp³-hybridized carbons (Fsp3) is 0.438. The Morgan fingerprint density at radius 2 is 2.00 bits per heavy atom. The maximum atomic E-state index is 12.1. The molecule has 21 heavy (non-hydrogen) atoms. The zero-order valence-corrected chi connectivity index (χ0v) is 12.7. The predicted octanol–water partition coefficient (Wildman–Crippen LogP) is 3.68. The molecular formula is C16H20ClN3O. The summed E-state index contributed by atoms with van der Waals surface area (Å²) in [6.07, 6.45) is 6.17. The summed E-state index contributed by atoms with van der Waals surface area (Å²) in [5.41, 5.74) is 1.60. The van der Waals surface area contributed by atoms with Gasteiger partial charge >= 0.3 is 0 Å². The molecular weight excluding hydrogens is 286 g/mol. The van der Waals surface area contributed by atoms with Crippen LogP contribution in [0.1, 0.15) is 32.1 Å². The molecule has 0 spiro atoms. The SMILES string of the molecule is O=C(CNC1CCCCC1)Nc1c(Cl)[nH]c2ccccc12. The van der Waals surface area contributed by atoms with Crippen LogP contribution in [0.2, 0.25) is 5.15 Å². The molecule has 1 aliphatic rings. The van der Waals surface area contributed by atoms with Crippen LogP contribution >= 0.6 is 11.6 Å². The van der Waals surface area contributed by atoms with Crippen molar-refractivity contribution in [3.8, 4) is 0 Å². The van der Waals surface area contributed by atoms with Crippen LogP contribution in [0, 0.1) is 0 Å². The summed E-state index contributed by atoms with van der Waals surface area (Å²) in [5.74, 6) is -0.0489. The van der Waals surface area contributed by atoms with Gasteiger partial charge in [-0.2, -0.15) is 0 Å². The average Bonchev–Trinajstić information content (AvgIpc) is 2.82. The number of aromatic amines is 1. The summed E-state index contributed by atoms with van der Waals surface area (Å²) < 4.78 is 0. The molecule has 4 nitrogen and oxygen atoms in total. The van der Waals surface area contributed by atoms with Crippen molar-refractivity contribution < 1.29 is 4.79 Å². The fourth-order valence-electron chi connectivity index (χ4n) is 2.96. The number of H-pyrrole nitrogens is 1. The number of rotatable bonds is 4. The topological polar surface area (TPSA) is 56.9 Å². The summed E-state index contributed by atoms with van der Waals surface area (Å²) in [5, 5.41) is 7.66.